The van der Waals surface area contributed by atoms with E-state index in [1.54, 1.807) is 16.4 Å². The molecule has 1 saturated heterocycles. The monoisotopic (exact) mass is 311 g/mol. The molecule has 1 aromatic carbocycles. The van der Waals surface area contributed by atoms with Gasteiger partial charge in [0.1, 0.15) is 0 Å². The first-order valence-corrected chi connectivity index (χ1v) is 8.96. The van der Waals surface area contributed by atoms with E-state index in [0.29, 0.717) is 18.0 Å². The molecule has 1 N–H and O–H groups in total. The van der Waals surface area contributed by atoms with Gasteiger partial charge in [0.25, 0.3) is 0 Å². The maximum absolute atomic E-state index is 12.6. The summed E-state index contributed by atoms with van der Waals surface area (Å²) >= 11 is 0. The summed E-state index contributed by atoms with van der Waals surface area (Å²) in [5.41, 5.74) is 1.11. The summed E-state index contributed by atoms with van der Waals surface area (Å²) in [5.74, 6) is 0. The fourth-order valence-corrected chi connectivity index (χ4v) is 3.79. The number of hydrogen-bond donors (Lipinski definition) is 1. The zero-order valence-electron chi connectivity index (χ0n) is 12.9. The highest BCUT2D eigenvalue weighted by molar-refractivity contribution is 7.89. The molecule has 6 heteroatoms. The minimum absolute atomic E-state index is 0.395. The van der Waals surface area contributed by atoms with Gasteiger partial charge in [0.05, 0.1) is 4.90 Å². The SMILES string of the molecule is CCCNCc1ccc(S(=O)(=O)N2CCN(C)CC2)cc1. The first kappa shape index (κ1) is 16.4. The van der Waals surface area contributed by atoms with Crippen LogP contribution >= 0.6 is 0 Å². The third-order valence-corrected chi connectivity index (χ3v) is 5.69. The van der Waals surface area contributed by atoms with E-state index in [4.69, 9.17) is 0 Å². The Morgan fingerprint density at radius 2 is 1.71 bits per heavy atom. The Kier molecular flexibility index (Phi) is 5.75. The van der Waals surface area contributed by atoms with Crippen LogP contribution in [0.1, 0.15) is 18.9 Å². The summed E-state index contributed by atoms with van der Waals surface area (Å²) in [6.45, 7) is 6.59. The van der Waals surface area contributed by atoms with Gasteiger partial charge in [-0.1, -0.05) is 19.1 Å². The average Bonchev–Trinajstić information content (AvgIpc) is 2.48. The van der Waals surface area contributed by atoms with Crippen LogP contribution in [0.25, 0.3) is 0 Å². The molecule has 0 saturated carbocycles. The Labute approximate surface area is 128 Å². The summed E-state index contributed by atoms with van der Waals surface area (Å²) in [6.07, 6.45) is 1.09. The van der Waals surface area contributed by atoms with Gasteiger partial charge in [-0.15, -0.1) is 0 Å². The quantitative estimate of drug-likeness (QED) is 0.800. The molecule has 1 fully saturated rings. The standard InChI is InChI=1S/C15H25N3O2S/c1-3-8-16-13-14-4-6-15(7-5-14)21(19,20)18-11-9-17(2)10-12-18/h4-7,16H,3,8-13H2,1-2H3. The molecule has 1 aliphatic heterocycles. The van der Waals surface area contributed by atoms with E-state index in [-0.39, 0.29) is 0 Å². The highest BCUT2D eigenvalue weighted by Gasteiger charge is 2.27. The Hall–Kier alpha value is -0.950. The van der Waals surface area contributed by atoms with E-state index in [1.807, 2.05) is 19.2 Å². The fraction of sp³-hybridized carbons (Fsp3) is 0.600. The van der Waals surface area contributed by atoms with Crippen LogP contribution in [0, 0.1) is 0 Å². The topological polar surface area (TPSA) is 52.7 Å². The molecule has 0 unspecified atom stereocenters. The molecular weight excluding hydrogens is 286 g/mol. The molecule has 0 amide bonds. The lowest BCUT2D eigenvalue weighted by atomic mass is 10.2. The van der Waals surface area contributed by atoms with Crippen molar-refractivity contribution in [1.82, 2.24) is 14.5 Å². The molecule has 1 aromatic rings. The van der Waals surface area contributed by atoms with Gasteiger partial charge in [0.15, 0.2) is 0 Å². The van der Waals surface area contributed by atoms with E-state index < -0.39 is 10.0 Å². The van der Waals surface area contributed by atoms with Crippen LogP contribution in [-0.4, -0.2) is 57.4 Å². The number of nitrogens with one attached hydrogen (secondary N) is 1. The van der Waals surface area contributed by atoms with Crippen molar-refractivity contribution in [3.63, 3.8) is 0 Å². The molecule has 0 aromatic heterocycles. The third-order valence-electron chi connectivity index (χ3n) is 3.78. The Morgan fingerprint density at radius 1 is 1.10 bits per heavy atom. The minimum atomic E-state index is -3.34. The molecule has 5 nitrogen and oxygen atoms in total. The predicted octanol–water partition coefficient (Wildman–Crippen LogP) is 1.12. The molecule has 0 spiro atoms. The normalized spacial score (nSPS) is 18.0. The number of benzene rings is 1. The van der Waals surface area contributed by atoms with Gasteiger partial charge in [0, 0.05) is 32.7 Å². The van der Waals surface area contributed by atoms with E-state index in [1.165, 1.54) is 0 Å². The molecular formula is C15H25N3O2S. The van der Waals surface area contributed by atoms with Gasteiger partial charge >= 0.3 is 0 Å². The van der Waals surface area contributed by atoms with Crippen LogP contribution < -0.4 is 5.32 Å². The molecule has 2 rings (SSSR count). The van der Waals surface area contributed by atoms with E-state index in [9.17, 15) is 8.42 Å². The van der Waals surface area contributed by atoms with E-state index in [2.05, 4.69) is 17.1 Å². The lowest BCUT2D eigenvalue weighted by molar-refractivity contribution is 0.222. The highest BCUT2D eigenvalue weighted by Crippen LogP contribution is 2.18. The minimum Gasteiger partial charge on any atom is -0.313 e. The van der Waals surface area contributed by atoms with Crippen molar-refractivity contribution < 1.29 is 8.42 Å². The van der Waals surface area contributed by atoms with Crippen LogP contribution in [-0.2, 0) is 16.6 Å². The second-order valence-electron chi connectivity index (χ2n) is 5.53. The Balaban J connectivity index is 2.03. The maximum Gasteiger partial charge on any atom is 0.243 e. The zero-order valence-corrected chi connectivity index (χ0v) is 13.7. The summed E-state index contributed by atoms with van der Waals surface area (Å²) in [5, 5.41) is 3.31. The first-order chi connectivity index (χ1) is 10.0. The number of sulfonamides is 1. The van der Waals surface area contributed by atoms with E-state index >= 15 is 0 Å². The van der Waals surface area contributed by atoms with Crippen LogP contribution in [0.3, 0.4) is 0 Å². The van der Waals surface area contributed by atoms with Gasteiger partial charge in [-0.25, -0.2) is 8.42 Å². The second kappa shape index (κ2) is 7.35. The Bertz CT molecular complexity index is 535. The van der Waals surface area contributed by atoms with Crippen LogP contribution in [0.15, 0.2) is 29.2 Å². The number of piperazine rings is 1. The Morgan fingerprint density at radius 3 is 2.29 bits per heavy atom. The largest absolute Gasteiger partial charge is 0.313 e. The summed E-state index contributed by atoms with van der Waals surface area (Å²) in [6, 6.07) is 7.23. The van der Waals surface area contributed by atoms with Crippen molar-refractivity contribution in [2.75, 3.05) is 39.8 Å². The van der Waals surface area contributed by atoms with Crippen LogP contribution in [0.2, 0.25) is 0 Å². The molecule has 0 radical (unpaired) electrons. The molecule has 118 valence electrons. The van der Waals surface area contributed by atoms with Gasteiger partial charge in [-0.05, 0) is 37.7 Å². The van der Waals surface area contributed by atoms with Crippen molar-refractivity contribution in [1.29, 1.82) is 0 Å². The predicted molar refractivity (Wildman–Crippen MR) is 84.7 cm³/mol. The van der Waals surface area contributed by atoms with Gasteiger partial charge in [-0.3, -0.25) is 0 Å². The van der Waals surface area contributed by atoms with Crippen LogP contribution in [0.5, 0.6) is 0 Å². The molecule has 1 heterocycles. The van der Waals surface area contributed by atoms with Crippen LogP contribution in [0.4, 0.5) is 0 Å². The lowest BCUT2D eigenvalue weighted by Gasteiger charge is -2.31. The summed E-state index contributed by atoms with van der Waals surface area (Å²) < 4.78 is 26.7. The molecule has 21 heavy (non-hydrogen) atoms. The zero-order chi connectivity index (χ0) is 15.3. The van der Waals surface area contributed by atoms with Crippen molar-refractivity contribution in [2.45, 2.75) is 24.8 Å². The highest BCUT2D eigenvalue weighted by atomic mass is 32.2. The number of nitrogens with zero attached hydrogens (tertiary/aromatic N) is 2. The smallest absolute Gasteiger partial charge is 0.243 e. The number of hydrogen-bond acceptors (Lipinski definition) is 4. The fourth-order valence-electron chi connectivity index (χ4n) is 2.37. The van der Waals surface area contributed by atoms with Gasteiger partial charge in [0.2, 0.25) is 10.0 Å². The van der Waals surface area contributed by atoms with Crippen molar-refractivity contribution in [2.24, 2.45) is 0 Å². The molecule has 0 atom stereocenters. The molecule has 0 aliphatic carbocycles. The van der Waals surface area contributed by atoms with Gasteiger partial charge in [-0.2, -0.15) is 4.31 Å². The van der Waals surface area contributed by atoms with E-state index in [0.717, 1.165) is 38.2 Å². The summed E-state index contributed by atoms with van der Waals surface area (Å²) in [7, 11) is -1.33. The van der Waals surface area contributed by atoms with Gasteiger partial charge < -0.3 is 10.2 Å². The maximum atomic E-state index is 12.6. The summed E-state index contributed by atoms with van der Waals surface area (Å²) in [4.78, 5) is 2.54. The molecule has 0 bridgehead atoms. The van der Waals surface area contributed by atoms with Crippen molar-refractivity contribution in [3.05, 3.63) is 29.8 Å². The van der Waals surface area contributed by atoms with Crippen molar-refractivity contribution >= 4 is 10.0 Å². The van der Waals surface area contributed by atoms with Crippen molar-refractivity contribution in [3.8, 4) is 0 Å². The third kappa shape index (κ3) is 4.26. The number of rotatable bonds is 6. The molecule has 1 aliphatic rings. The first-order valence-electron chi connectivity index (χ1n) is 7.52. The number of likely N-dealkylation sites (N-methyl/N-ethyl adjacent to an activating group) is 1. The average molecular weight is 311 g/mol. The second-order valence-corrected chi connectivity index (χ2v) is 7.47. The lowest BCUT2D eigenvalue weighted by Crippen LogP contribution is -2.46.